The number of esters is 1. The second kappa shape index (κ2) is 16.0. The van der Waals surface area contributed by atoms with Gasteiger partial charge >= 0.3 is 5.97 Å². The van der Waals surface area contributed by atoms with Gasteiger partial charge in [0.05, 0.1) is 31.7 Å². The number of carbonyl (C=O) groups is 1. The van der Waals surface area contributed by atoms with E-state index >= 15 is 0 Å². The standard InChI is InChI=1S/C28H39NO4/c1-3-4-21-33-28(31)20-19-27-24(15-16-25(22-30)29-27)12-10-8-6-5-7-9-11-23-13-17-26(32-2)18-14-23/h13-20,30H,3-12,21-22H2,1-2H3. The van der Waals surface area contributed by atoms with Crippen molar-refractivity contribution >= 4 is 12.0 Å². The topological polar surface area (TPSA) is 68.7 Å². The van der Waals surface area contributed by atoms with Crippen LogP contribution in [0.4, 0.5) is 0 Å². The van der Waals surface area contributed by atoms with Gasteiger partial charge in [-0.2, -0.15) is 0 Å². The van der Waals surface area contributed by atoms with Crippen LogP contribution in [0.3, 0.4) is 0 Å². The number of unbranched alkanes of at least 4 members (excludes halogenated alkanes) is 6. The number of hydrogen-bond acceptors (Lipinski definition) is 5. The first-order valence-electron chi connectivity index (χ1n) is 12.2. The third kappa shape index (κ3) is 10.7. The first-order chi connectivity index (χ1) is 16.2. The molecule has 0 atom stereocenters. The summed E-state index contributed by atoms with van der Waals surface area (Å²) in [6, 6.07) is 12.2. The number of ether oxygens (including phenoxy) is 2. The number of nitrogens with zero attached hydrogens (tertiary/aromatic N) is 1. The molecule has 0 bridgehead atoms. The minimum Gasteiger partial charge on any atom is -0.497 e. The predicted molar refractivity (Wildman–Crippen MR) is 133 cm³/mol. The highest BCUT2D eigenvalue weighted by atomic mass is 16.5. The molecule has 1 aromatic heterocycles. The van der Waals surface area contributed by atoms with Gasteiger partial charge in [-0.15, -0.1) is 0 Å². The Balaban J connectivity index is 1.70. The number of methoxy groups -OCH3 is 1. The Hall–Kier alpha value is -2.66. The molecule has 0 aliphatic carbocycles. The molecule has 0 unspecified atom stereocenters. The van der Waals surface area contributed by atoms with Crippen molar-refractivity contribution in [2.24, 2.45) is 0 Å². The lowest BCUT2D eigenvalue weighted by Gasteiger charge is -2.08. The number of hydrogen-bond donors (Lipinski definition) is 1. The molecule has 0 spiro atoms. The highest BCUT2D eigenvalue weighted by Crippen LogP contribution is 2.17. The molecule has 5 nitrogen and oxygen atoms in total. The first kappa shape index (κ1) is 26.6. The smallest absolute Gasteiger partial charge is 0.330 e. The lowest BCUT2D eigenvalue weighted by atomic mass is 10.0. The molecule has 180 valence electrons. The maximum absolute atomic E-state index is 11.9. The zero-order valence-electron chi connectivity index (χ0n) is 20.2. The molecule has 2 aromatic rings. The van der Waals surface area contributed by atoms with E-state index in [0.29, 0.717) is 12.3 Å². The predicted octanol–water partition coefficient (Wildman–Crippen LogP) is 6.06. The van der Waals surface area contributed by atoms with E-state index in [0.717, 1.165) is 49.1 Å². The van der Waals surface area contributed by atoms with Crippen molar-refractivity contribution in [2.75, 3.05) is 13.7 Å². The van der Waals surface area contributed by atoms with Crippen molar-refractivity contribution < 1.29 is 19.4 Å². The van der Waals surface area contributed by atoms with Gasteiger partial charge in [-0.05, 0) is 67.5 Å². The molecular formula is C28H39NO4. The highest BCUT2D eigenvalue weighted by molar-refractivity contribution is 5.86. The molecular weight excluding hydrogens is 414 g/mol. The zero-order chi connectivity index (χ0) is 23.7. The van der Waals surface area contributed by atoms with Gasteiger partial charge < -0.3 is 14.6 Å². The molecule has 0 radical (unpaired) electrons. The van der Waals surface area contributed by atoms with E-state index in [4.69, 9.17) is 9.47 Å². The summed E-state index contributed by atoms with van der Waals surface area (Å²) in [4.78, 5) is 16.4. The summed E-state index contributed by atoms with van der Waals surface area (Å²) in [5.41, 5.74) is 3.82. The number of pyridine rings is 1. The number of aromatic nitrogens is 1. The lowest BCUT2D eigenvalue weighted by Crippen LogP contribution is -2.03. The van der Waals surface area contributed by atoms with E-state index in [2.05, 4.69) is 24.0 Å². The van der Waals surface area contributed by atoms with Gasteiger partial charge in [0.2, 0.25) is 0 Å². The summed E-state index contributed by atoms with van der Waals surface area (Å²) in [6.07, 6.45) is 14.2. The largest absolute Gasteiger partial charge is 0.497 e. The van der Waals surface area contributed by atoms with Crippen LogP contribution in [-0.4, -0.2) is 29.8 Å². The van der Waals surface area contributed by atoms with Gasteiger partial charge in [0.25, 0.3) is 0 Å². The number of benzene rings is 1. The van der Waals surface area contributed by atoms with E-state index < -0.39 is 0 Å². The third-order valence-electron chi connectivity index (χ3n) is 5.67. The minimum atomic E-state index is -0.347. The first-order valence-corrected chi connectivity index (χ1v) is 12.2. The van der Waals surface area contributed by atoms with Gasteiger partial charge in [0.15, 0.2) is 0 Å². The molecule has 0 amide bonds. The average molecular weight is 454 g/mol. The molecule has 0 aliphatic heterocycles. The molecule has 0 saturated heterocycles. The Morgan fingerprint density at radius 1 is 0.939 bits per heavy atom. The van der Waals surface area contributed by atoms with Gasteiger partial charge in [-0.25, -0.2) is 4.79 Å². The van der Waals surface area contributed by atoms with Crippen molar-refractivity contribution in [1.82, 2.24) is 4.98 Å². The maximum atomic E-state index is 11.9. The summed E-state index contributed by atoms with van der Waals surface area (Å²) in [5, 5.41) is 9.40. The molecule has 5 heteroatoms. The van der Waals surface area contributed by atoms with E-state index in [9.17, 15) is 9.90 Å². The fourth-order valence-corrected chi connectivity index (χ4v) is 3.65. The second-order valence-corrected chi connectivity index (χ2v) is 8.33. The number of aliphatic hydroxyl groups excluding tert-OH is 1. The molecule has 1 heterocycles. The molecule has 0 aliphatic rings. The Labute approximate surface area is 198 Å². The van der Waals surface area contributed by atoms with Gasteiger partial charge in [0, 0.05) is 6.08 Å². The Morgan fingerprint density at radius 2 is 1.64 bits per heavy atom. The molecule has 0 saturated carbocycles. The monoisotopic (exact) mass is 453 g/mol. The fraction of sp³-hybridized carbons (Fsp3) is 0.500. The van der Waals surface area contributed by atoms with Crippen LogP contribution in [0.1, 0.15) is 80.8 Å². The Morgan fingerprint density at radius 3 is 2.30 bits per heavy atom. The van der Waals surface area contributed by atoms with Crippen LogP contribution in [0.2, 0.25) is 0 Å². The third-order valence-corrected chi connectivity index (χ3v) is 5.67. The Bertz CT molecular complexity index is 845. The average Bonchev–Trinajstić information content (AvgIpc) is 2.85. The van der Waals surface area contributed by atoms with Gasteiger partial charge in [-0.3, -0.25) is 4.98 Å². The summed E-state index contributed by atoms with van der Waals surface area (Å²) < 4.78 is 10.4. The SMILES string of the molecule is CCCCOC(=O)C=Cc1nc(CO)ccc1CCCCCCCCc1ccc(OC)cc1. The van der Waals surface area contributed by atoms with E-state index in [1.54, 1.807) is 13.2 Å². The number of aryl methyl sites for hydroxylation is 2. The van der Waals surface area contributed by atoms with Crippen molar-refractivity contribution in [3.05, 3.63) is 65.0 Å². The van der Waals surface area contributed by atoms with Crippen molar-refractivity contribution in [3.8, 4) is 5.75 Å². The van der Waals surface area contributed by atoms with Crippen molar-refractivity contribution in [3.63, 3.8) is 0 Å². The minimum absolute atomic E-state index is 0.113. The molecule has 33 heavy (non-hydrogen) atoms. The highest BCUT2D eigenvalue weighted by Gasteiger charge is 2.05. The summed E-state index contributed by atoms with van der Waals surface area (Å²) in [5.74, 6) is 0.561. The zero-order valence-corrected chi connectivity index (χ0v) is 20.2. The van der Waals surface area contributed by atoms with E-state index in [1.807, 2.05) is 24.3 Å². The van der Waals surface area contributed by atoms with Crippen LogP contribution < -0.4 is 4.74 Å². The van der Waals surface area contributed by atoms with Crippen LogP contribution in [0.5, 0.6) is 5.75 Å². The summed E-state index contributed by atoms with van der Waals surface area (Å²) in [6.45, 7) is 2.39. The van der Waals surface area contributed by atoms with Crippen LogP contribution >= 0.6 is 0 Å². The van der Waals surface area contributed by atoms with Crippen molar-refractivity contribution in [1.29, 1.82) is 0 Å². The van der Waals surface area contributed by atoms with Crippen LogP contribution in [-0.2, 0) is 29.0 Å². The quantitative estimate of drug-likeness (QED) is 0.190. The molecule has 1 aromatic carbocycles. The summed E-state index contributed by atoms with van der Waals surface area (Å²) >= 11 is 0. The van der Waals surface area contributed by atoms with Crippen LogP contribution in [0.25, 0.3) is 6.08 Å². The van der Waals surface area contributed by atoms with Crippen LogP contribution in [0, 0.1) is 0 Å². The lowest BCUT2D eigenvalue weighted by molar-refractivity contribution is -0.137. The fourth-order valence-electron chi connectivity index (χ4n) is 3.65. The van der Waals surface area contributed by atoms with E-state index in [-0.39, 0.29) is 12.6 Å². The maximum Gasteiger partial charge on any atom is 0.330 e. The van der Waals surface area contributed by atoms with Crippen molar-refractivity contribution in [2.45, 2.75) is 77.7 Å². The summed E-state index contributed by atoms with van der Waals surface area (Å²) in [7, 11) is 1.69. The van der Waals surface area contributed by atoms with Crippen LogP contribution in [0.15, 0.2) is 42.5 Å². The number of aliphatic hydroxyl groups is 1. The number of rotatable bonds is 16. The Kier molecular flexibility index (Phi) is 12.9. The van der Waals surface area contributed by atoms with E-state index in [1.165, 1.54) is 43.7 Å². The second-order valence-electron chi connectivity index (χ2n) is 8.33. The molecule has 2 rings (SSSR count). The normalized spacial score (nSPS) is 11.1. The molecule has 1 N–H and O–H groups in total. The van der Waals surface area contributed by atoms with Gasteiger partial charge in [0.1, 0.15) is 5.75 Å². The van der Waals surface area contributed by atoms with Gasteiger partial charge in [-0.1, -0.05) is 57.2 Å². The molecule has 0 fully saturated rings. The number of carbonyl (C=O) groups excluding carboxylic acids is 1.